The van der Waals surface area contributed by atoms with Crippen LogP contribution in [-0.2, 0) is 22.2 Å². The van der Waals surface area contributed by atoms with E-state index in [9.17, 15) is 27.6 Å². The van der Waals surface area contributed by atoms with Crippen molar-refractivity contribution in [3.63, 3.8) is 0 Å². The largest absolute Gasteiger partial charge is 0.416 e. The number of carbonyl (C=O) groups is 3. The number of carbonyl (C=O) groups excluding carboxylic acids is 3. The predicted molar refractivity (Wildman–Crippen MR) is 152 cm³/mol. The van der Waals surface area contributed by atoms with Gasteiger partial charge in [0.05, 0.1) is 12.0 Å². The van der Waals surface area contributed by atoms with Crippen molar-refractivity contribution in [2.75, 3.05) is 13.1 Å². The molecule has 7 nitrogen and oxygen atoms in total. The highest BCUT2D eigenvalue weighted by molar-refractivity contribution is 6.31. The van der Waals surface area contributed by atoms with Crippen molar-refractivity contribution < 1.29 is 27.6 Å². The molecule has 3 amide bonds. The molecule has 1 aliphatic heterocycles. The summed E-state index contributed by atoms with van der Waals surface area (Å²) in [6, 6.07) is 10.9. The van der Waals surface area contributed by atoms with Gasteiger partial charge in [-0.05, 0) is 60.6 Å². The lowest BCUT2D eigenvalue weighted by molar-refractivity contribution is -0.138. The number of benzene rings is 2. The van der Waals surface area contributed by atoms with Crippen molar-refractivity contribution in [3.8, 4) is 0 Å². The van der Waals surface area contributed by atoms with Crippen molar-refractivity contribution in [2.45, 2.75) is 64.7 Å². The first-order valence-corrected chi connectivity index (χ1v) is 13.9. The summed E-state index contributed by atoms with van der Waals surface area (Å²) in [6.45, 7) is 6.11. The van der Waals surface area contributed by atoms with E-state index in [0.717, 1.165) is 41.9 Å². The Kier molecular flexibility index (Phi) is 9.01. The molecule has 2 atom stereocenters. The third-order valence-electron chi connectivity index (χ3n) is 7.35. The SMILES string of the molecule is CC(C)(C)[C@H](NC(=O)c1cc2ccccc2[nH]1)C(=O)NC[C@@H]1CCCCN1C(=O)Cc1cc(C(F)(F)F)ccc1Cl. The van der Waals surface area contributed by atoms with E-state index in [1.165, 1.54) is 0 Å². The Hall–Kier alpha value is -3.53. The first-order chi connectivity index (χ1) is 19.2. The molecule has 0 bridgehead atoms. The maximum absolute atomic E-state index is 13.4. The zero-order valence-corrected chi connectivity index (χ0v) is 24.0. The van der Waals surface area contributed by atoms with Gasteiger partial charge < -0.3 is 20.5 Å². The number of nitrogens with one attached hydrogen (secondary N) is 3. The summed E-state index contributed by atoms with van der Waals surface area (Å²) in [4.78, 5) is 44.3. The van der Waals surface area contributed by atoms with Gasteiger partial charge in [0.25, 0.3) is 5.91 Å². The number of amides is 3. The van der Waals surface area contributed by atoms with Crippen molar-refractivity contribution >= 4 is 40.2 Å². The van der Waals surface area contributed by atoms with Crippen LogP contribution >= 0.6 is 11.6 Å². The van der Waals surface area contributed by atoms with Crippen LogP contribution in [0.5, 0.6) is 0 Å². The standard InChI is InChI=1S/C30H34ClF3N4O3/c1-29(2,3)26(37-27(40)24-15-18-8-4-5-10-23(18)36-24)28(41)35-17-21-9-6-7-13-38(21)25(39)16-19-14-20(30(32,33)34)11-12-22(19)31/h4-5,8,10-12,14-15,21,26,36H,6-7,9,13,16-17H2,1-3H3,(H,35,41)(H,37,40)/t21-,26+/m0/s1. The van der Waals surface area contributed by atoms with Crippen LogP contribution in [0.3, 0.4) is 0 Å². The molecule has 4 rings (SSSR count). The number of aromatic amines is 1. The molecule has 11 heteroatoms. The van der Waals surface area contributed by atoms with Gasteiger partial charge in [-0.3, -0.25) is 14.4 Å². The molecule has 0 saturated carbocycles. The second kappa shape index (κ2) is 12.1. The minimum Gasteiger partial charge on any atom is -0.352 e. The predicted octanol–water partition coefficient (Wildman–Crippen LogP) is 5.72. The summed E-state index contributed by atoms with van der Waals surface area (Å²) < 4.78 is 39.6. The minimum atomic E-state index is -4.55. The molecule has 3 aromatic rings. The molecule has 1 fully saturated rings. The van der Waals surface area contributed by atoms with E-state index < -0.39 is 29.1 Å². The first kappa shape index (κ1) is 30.4. The molecule has 3 N–H and O–H groups in total. The van der Waals surface area contributed by atoms with E-state index in [1.54, 1.807) is 11.0 Å². The number of likely N-dealkylation sites (tertiary alicyclic amines) is 1. The number of aromatic nitrogens is 1. The van der Waals surface area contributed by atoms with Gasteiger partial charge in [-0.15, -0.1) is 0 Å². The average molecular weight is 591 g/mol. The third kappa shape index (κ3) is 7.41. The summed E-state index contributed by atoms with van der Waals surface area (Å²) in [7, 11) is 0. The van der Waals surface area contributed by atoms with E-state index >= 15 is 0 Å². The van der Waals surface area contributed by atoms with E-state index in [0.29, 0.717) is 18.7 Å². The first-order valence-electron chi connectivity index (χ1n) is 13.6. The highest BCUT2D eigenvalue weighted by atomic mass is 35.5. The maximum Gasteiger partial charge on any atom is 0.416 e. The zero-order chi connectivity index (χ0) is 29.9. The topological polar surface area (TPSA) is 94.3 Å². The molecule has 1 aliphatic rings. The van der Waals surface area contributed by atoms with Crippen molar-refractivity contribution in [1.82, 2.24) is 20.5 Å². The van der Waals surface area contributed by atoms with Gasteiger partial charge in [0.15, 0.2) is 0 Å². The number of nitrogens with zero attached hydrogens (tertiary/aromatic N) is 1. The number of alkyl halides is 3. The molecule has 0 aliphatic carbocycles. The molecule has 41 heavy (non-hydrogen) atoms. The molecule has 2 heterocycles. The Balaban J connectivity index is 1.42. The lowest BCUT2D eigenvalue weighted by Gasteiger charge is -2.37. The van der Waals surface area contributed by atoms with Crippen LogP contribution in [0.2, 0.25) is 5.02 Å². The second-order valence-corrected chi connectivity index (χ2v) is 11.9. The fraction of sp³-hybridized carbons (Fsp3) is 0.433. The van der Waals surface area contributed by atoms with Gasteiger partial charge in [-0.25, -0.2) is 0 Å². The highest BCUT2D eigenvalue weighted by Crippen LogP contribution is 2.32. The summed E-state index contributed by atoms with van der Waals surface area (Å²) in [5.41, 5.74) is -0.232. The lowest BCUT2D eigenvalue weighted by Crippen LogP contribution is -2.56. The Bertz CT molecular complexity index is 1400. The molecule has 1 aromatic heterocycles. The molecule has 0 unspecified atom stereocenters. The maximum atomic E-state index is 13.4. The fourth-order valence-electron chi connectivity index (χ4n) is 5.09. The Morgan fingerprint density at radius 3 is 2.49 bits per heavy atom. The summed E-state index contributed by atoms with van der Waals surface area (Å²) >= 11 is 6.12. The van der Waals surface area contributed by atoms with Gasteiger partial charge >= 0.3 is 6.18 Å². The Labute approximate surface area is 241 Å². The third-order valence-corrected chi connectivity index (χ3v) is 7.72. The molecule has 0 radical (unpaired) electrons. The van der Waals surface area contributed by atoms with Crippen molar-refractivity contribution in [3.05, 3.63) is 70.4 Å². The molecule has 1 saturated heterocycles. The molecule has 0 spiro atoms. The quantitative estimate of drug-likeness (QED) is 0.328. The summed E-state index contributed by atoms with van der Waals surface area (Å²) in [5, 5.41) is 6.71. The van der Waals surface area contributed by atoms with Crippen LogP contribution in [0.4, 0.5) is 13.2 Å². The van der Waals surface area contributed by atoms with Crippen LogP contribution < -0.4 is 10.6 Å². The summed E-state index contributed by atoms with van der Waals surface area (Å²) in [5.74, 6) is -1.16. The van der Waals surface area contributed by atoms with Crippen LogP contribution in [0, 0.1) is 5.41 Å². The van der Waals surface area contributed by atoms with E-state index in [1.807, 2.05) is 45.0 Å². The normalized spacial score (nSPS) is 16.9. The van der Waals surface area contributed by atoms with E-state index in [2.05, 4.69) is 15.6 Å². The number of hydrogen-bond acceptors (Lipinski definition) is 3. The summed E-state index contributed by atoms with van der Waals surface area (Å²) in [6.07, 6.45) is -2.61. The lowest BCUT2D eigenvalue weighted by atomic mass is 9.86. The molecule has 2 aromatic carbocycles. The monoisotopic (exact) mass is 590 g/mol. The molecular formula is C30H34ClF3N4O3. The van der Waals surface area contributed by atoms with Crippen LogP contribution in [0.25, 0.3) is 10.9 Å². The highest BCUT2D eigenvalue weighted by Gasteiger charge is 2.35. The number of rotatable bonds is 7. The number of hydrogen-bond donors (Lipinski definition) is 3. The Morgan fingerprint density at radius 1 is 1.07 bits per heavy atom. The number of fused-ring (bicyclic) bond motifs is 1. The molecule has 220 valence electrons. The van der Waals surface area contributed by atoms with Crippen LogP contribution in [0.1, 0.15) is 61.6 Å². The van der Waals surface area contributed by atoms with Crippen LogP contribution in [-0.4, -0.2) is 52.8 Å². The zero-order valence-electron chi connectivity index (χ0n) is 23.2. The number of halogens is 4. The van der Waals surface area contributed by atoms with Crippen molar-refractivity contribution in [1.29, 1.82) is 0 Å². The Morgan fingerprint density at radius 2 is 1.80 bits per heavy atom. The fourth-order valence-corrected chi connectivity index (χ4v) is 5.28. The van der Waals surface area contributed by atoms with Gasteiger partial charge in [0, 0.05) is 35.1 Å². The van der Waals surface area contributed by atoms with Gasteiger partial charge in [0.2, 0.25) is 11.8 Å². The molecular weight excluding hydrogens is 557 g/mol. The number of para-hydroxylation sites is 1. The minimum absolute atomic E-state index is 0.0898. The van der Waals surface area contributed by atoms with E-state index in [-0.39, 0.29) is 41.4 Å². The van der Waals surface area contributed by atoms with E-state index in [4.69, 9.17) is 11.6 Å². The number of piperidine rings is 1. The van der Waals surface area contributed by atoms with Gasteiger partial charge in [0.1, 0.15) is 11.7 Å². The number of H-pyrrole nitrogens is 1. The van der Waals surface area contributed by atoms with Gasteiger partial charge in [-0.1, -0.05) is 50.6 Å². The van der Waals surface area contributed by atoms with Gasteiger partial charge in [-0.2, -0.15) is 13.2 Å². The van der Waals surface area contributed by atoms with Crippen LogP contribution in [0.15, 0.2) is 48.5 Å². The smallest absolute Gasteiger partial charge is 0.352 e. The van der Waals surface area contributed by atoms with Crippen molar-refractivity contribution in [2.24, 2.45) is 5.41 Å². The average Bonchev–Trinajstić information content (AvgIpc) is 3.35. The second-order valence-electron chi connectivity index (χ2n) is 11.5.